The first-order chi connectivity index (χ1) is 12.2. The molecule has 0 aliphatic carbocycles. The van der Waals surface area contributed by atoms with Crippen molar-refractivity contribution in [1.29, 1.82) is 0 Å². The third kappa shape index (κ3) is 3.16. The average molecular weight is 350 g/mol. The zero-order chi connectivity index (χ0) is 18.9. The summed E-state index contributed by atoms with van der Waals surface area (Å²) in [6.07, 6.45) is 0. The van der Waals surface area contributed by atoms with Crippen molar-refractivity contribution in [3.63, 3.8) is 0 Å². The first-order valence-electron chi connectivity index (χ1n) is 8.85. The summed E-state index contributed by atoms with van der Waals surface area (Å²) < 4.78 is 28.7. The molecule has 0 nitrogen and oxygen atoms in total. The second-order valence-electron chi connectivity index (χ2n) is 7.79. The van der Waals surface area contributed by atoms with Gasteiger partial charge in [0, 0.05) is 10.8 Å². The molecule has 0 saturated heterocycles. The lowest BCUT2D eigenvalue weighted by Crippen LogP contribution is -2.24. The van der Waals surface area contributed by atoms with Crippen LogP contribution in [0.25, 0.3) is 0 Å². The molecule has 0 N–H and O–H groups in total. The van der Waals surface area contributed by atoms with Gasteiger partial charge in [0.2, 0.25) is 0 Å². The topological polar surface area (TPSA) is 0 Å². The molecule has 3 aromatic rings. The van der Waals surface area contributed by atoms with E-state index in [0.717, 1.165) is 11.1 Å². The standard InChI is InChI=1S/C24H24F2/c1-23(2,19-12-5-7-14-21(19)25)17-10-9-11-18(16-17)24(3,4)20-13-6-8-15-22(20)26/h5-16H,1-4H3. The Bertz CT molecular complexity index is 850. The Labute approximate surface area is 154 Å². The van der Waals surface area contributed by atoms with E-state index in [-0.39, 0.29) is 11.6 Å². The van der Waals surface area contributed by atoms with E-state index in [4.69, 9.17) is 0 Å². The van der Waals surface area contributed by atoms with Crippen LogP contribution in [-0.2, 0) is 10.8 Å². The largest absolute Gasteiger partial charge is 0.207 e. The van der Waals surface area contributed by atoms with Crippen molar-refractivity contribution in [2.75, 3.05) is 0 Å². The van der Waals surface area contributed by atoms with Gasteiger partial charge in [-0.1, -0.05) is 88.4 Å². The fourth-order valence-corrected chi connectivity index (χ4v) is 3.54. The van der Waals surface area contributed by atoms with Crippen molar-refractivity contribution < 1.29 is 8.78 Å². The van der Waals surface area contributed by atoms with Gasteiger partial charge in [0.05, 0.1) is 0 Å². The zero-order valence-corrected chi connectivity index (χ0v) is 15.7. The number of rotatable bonds is 4. The Morgan fingerprint density at radius 1 is 0.538 bits per heavy atom. The first kappa shape index (κ1) is 18.3. The molecular weight excluding hydrogens is 326 g/mol. The van der Waals surface area contributed by atoms with Crippen LogP contribution in [0.5, 0.6) is 0 Å². The van der Waals surface area contributed by atoms with Gasteiger partial charge in [0.25, 0.3) is 0 Å². The second-order valence-corrected chi connectivity index (χ2v) is 7.79. The van der Waals surface area contributed by atoms with Gasteiger partial charge in [-0.2, -0.15) is 0 Å². The van der Waals surface area contributed by atoms with Crippen LogP contribution < -0.4 is 0 Å². The van der Waals surface area contributed by atoms with Gasteiger partial charge in [-0.3, -0.25) is 0 Å². The van der Waals surface area contributed by atoms with Crippen molar-refractivity contribution in [2.24, 2.45) is 0 Å². The highest BCUT2D eigenvalue weighted by atomic mass is 19.1. The monoisotopic (exact) mass is 350 g/mol. The SMILES string of the molecule is CC(C)(c1cccc(C(C)(C)c2ccccc2F)c1)c1ccccc1F. The maximum absolute atomic E-state index is 14.4. The molecule has 0 spiro atoms. The Hall–Kier alpha value is -2.48. The lowest BCUT2D eigenvalue weighted by atomic mass is 9.73. The molecule has 0 aliphatic heterocycles. The summed E-state index contributed by atoms with van der Waals surface area (Å²) in [6.45, 7) is 8.06. The Kier molecular flexibility index (Phi) is 4.70. The van der Waals surface area contributed by atoms with Crippen LogP contribution in [0.15, 0.2) is 72.8 Å². The summed E-state index contributed by atoms with van der Waals surface area (Å²) in [7, 11) is 0. The molecule has 0 atom stereocenters. The van der Waals surface area contributed by atoms with Gasteiger partial charge in [0.15, 0.2) is 0 Å². The Morgan fingerprint density at radius 2 is 0.923 bits per heavy atom. The second kappa shape index (κ2) is 6.68. The predicted octanol–water partition coefficient (Wildman–Crippen LogP) is 6.62. The highest BCUT2D eigenvalue weighted by Crippen LogP contribution is 2.38. The third-order valence-electron chi connectivity index (χ3n) is 5.40. The summed E-state index contributed by atoms with van der Waals surface area (Å²) >= 11 is 0. The van der Waals surface area contributed by atoms with Crippen molar-refractivity contribution in [3.05, 3.63) is 107 Å². The smallest absolute Gasteiger partial charge is 0.127 e. The van der Waals surface area contributed by atoms with E-state index in [1.54, 1.807) is 12.1 Å². The summed E-state index contributed by atoms with van der Waals surface area (Å²) in [5.74, 6) is -0.424. The average Bonchev–Trinajstić information content (AvgIpc) is 2.62. The summed E-state index contributed by atoms with van der Waals surface area (Å²) in [5, 5.41) is 0. The van der Waals surface area contributed by atoms with E-state index in [2.05, 4.69) is 6.07 Å². The maximum Gasteiger partial charge on any atom is 0.127 e. The van der Waals surface area contributed by atoms with Crippen LogP contribution in [0.3, 0.4) is 0 Å². The van der Waals surface area contributed by atoms with Crippen LogP contribution in [0.2, 0.25) is 0 Å². The van der Waals surface area contributed by atoms with Gasteiger partial charge in [-0.05, 0) is 34.4 Å². The minimum absolute atomic E-state index is 0.212. The van der Waals surface area contributed by atoms with E-state index in [0.29, 0.717) is 11.1 Å². The summed E-state index contributed by atoms with van der Waals surface area (Å²) in [4.78, 5) is 0. The molecule has 26 heavy (non-hydrogen) atoms. The van der Waals surface area contributed by atoms with E-state index in [9.17, 15) is 8.78 Å². The van der Waals surface area contributed by atoms with E-state index in [1.165, 1.54) is 12.1 Å². The van der Waals surface area contributed by atoms with Crippen LogP contribution in [0.1, 0.15) is 49.9 Å². The lowest BCUT2D eigenvalue weighted by Gasteiger charge is -2.31. The quantitative estimate of drug-likeness (QED) is 0.496. The molecule has 0 saturated carbocycles. The number of benzene rings is 3. The molecule has 0 amide bonds. The van der Waals surface area contributed by atoms with E-state index < -0.39 is 10.8 Å². The van der Waals surface area contributed by atoms with E-state index in [1.807, 2.05) is 70.2 Å². The zero-order valence-electron chi connectivity index (χ0n) is 15.7. The third-order valence-corrected chi connectivity index (χ3v) is 5.40. The summed E-state index contributed by atoms with van der Waals surface area (Å²) in [5.41, 5.74) is 2.33. The molecular formula is C24H24F2. The molecule has 0 heterocycles. The molecule has 3 aromatic carbocycles. The molecule has 0 unspecified atom stereocenters. The van der Waals surface area contributed by atoms with Crippen molar-refractivity contribution in [1.82, 2.24) is 0 Å². The molecule has 0 fully saturated rings. The van der Waals surface area contributed by atoms with E-state index >= 15 is 0 Å². The molecule has 0 aromatic heterocycles. The normalized spacial score (nSPS) is 12.2. The van der Waals surface area contributed by atoms with Crippen LogP contribution >= 0.6 is 0 Å². The van der Waals surface area contributed by atoms with Gasteiger partial charge in [-0.25, -0.2) is 8.78 Å². The molecule has 0 radical (unpaired) electrons. The van der Waals surface area contributed by atoms with Crippen LogP contribution in [-0.4, -0.2) is 0 Å². The molecule has 134 valence electrons. The number of halogens is 2. The van der Waals surface area contributed by atoms with Crippen molar-refractivity contribution in [3.8, 4) is 0 Å². The molecule has 0 aliphatic rings. The highest BCUT2D eigenvalue weighted by Gasteiger charge is 2.30. The Balaban J connectivity index is 2.09. The summed E-state index contributed by atoms with van der Waals surface area (Å²) in [6, 6.07) is 21.8. The van der Waals surface area contributed by atoms with Crippen LogP contribution in [0.4, 0.5) is 8.78 Å². The number of hydrogen-bond donors (Lipinski definition) is 0. The predicted molar refractivity (Wildman–Crippen MR) is 103 cm³/mol. The van der Waals surface area contributed by atoms with Gasteiger partial charge >= 0.3 is 0 Å². The van der Waals surface area contributed by atoms with Gasteiger partial charge in [-0.15, -0.1) is 0 Å². The maximum atomic E-state index is 14.4. The van der Waals surface area contributed by atoms with Gasteiger partial charge < -0.3 is 0 Å². The minimum Gasteiger partial charge on any atom is -0.207 e. The minimum atomic E-state index is -0.493. The fraction of sp³-hybridized carbons (Fsp3) is 0.250. The lowest BCUT2D eigenvalue weighted by molar-refractivity contribution is 0.538. The highest BCUT2D eigenvalue weighted by molar-refractivity contribution is 5.45. The molecule has 3 rings (SSSR count). The van der Waals surface area contributed by atoms with Crippen molar-refractivity contribution in [2.45, 2.75) is 38.5 Å². The first-order valence-corrected chi connectivity index (χ1v) is 8.85. The number of hydrogen-bond acceptors (Lipinski definition) is 0. The fourth-order valence-electron chi connectivity index (χ4n) is 3.54. The Morgan fingerprint density at radius 3 is 1.31 bits per heavy atom. The molecule has 0 bridgehead atoms. The molecule has 2 heteroatoms. The van der Waals surface area contributed by atoms with Crippen molar-refractivity contribution >= 4 is 0 Å². The van der Waals surface area contributed by atoms with Gasteiger partial charge in [0.1, 0.15) is 11.6 Å². The van der Waals surface area contributed by atoms with Crippen LogP contribution in [0, 0.1) is 11.6 Å².